The summed E-state index contributed by atoms with van der Waals surface area (Å²) in [6.07, 6.45) is 1.60. The zero-order valence-corrected chi connectivity index (χ0v) is 11.5. The predicted molar refractivity (Wildman–Crippen MR) is 79.0 cm³/mol. The maximum Gasteiger partial charge on any atom is 0.224 e. The van der Waals surface area contributed by atoms with E-state index in [0.717, 1.165) is 17.1 Å². The number of rotatable bonds is 3. The Morgan fingerprint density at radius 1 is 1.15 bits per heavy atom. The Morgan fingerprint density at radius 3 is 2.70 bits per heavy atom. The van der Waals surface area contributed by atoms with E-state index in [2.05, 4.69) is 20.4 Å². The topological polar surface area (TPSA) is 55.6 Å². The molecule has 0 atom stereocenters. The molecular weight excluding hydrogens is 274 g/mol. The molecule has 0 spiro atoms. The van der Waals surface area contributed by atoms with Crippen molar-refractivity contribution >= 4 is 23.2 Å². The highest BCUT2D eigenvalue weighted by molar-refractivity contribution is 6.28. The maximum atomic E-state index is 5.77. The molecule has 20 heavy (non-hydrogen) atoms. The van der Waals surface area contributed by atoms with Crippen LogP contribution in [0.25, 0.3) is 11.3 Å². The Labute approximate surface area is 121 Å². The molecule has 0 amide bonds. The van der Waals surface area contributed by atoms with Crippen LogP contribution in [0.4, 0.5) is 11.6 Å². The highest BCUT2D eigenvalue weighted by Gasteiger charge is 2.07. The summed E-state index contributed by atoms with van der Waals surface area (Å²) in [7, 11) is 1.87. The lowest BCUT2D eigenvalue weighted by Gasteiger charge is -2.04. The molecule has 100 valence electrons. The van der Waals surface area contributed by atoms with E-state index in [0.29, 0.717) is 5.82 Å². The van der Waals surface area contributed by atoms with Crippen LogP contribution in [0.3, 0.4) is 0 Å². The summed E-state index contributed by atoms with van der Waals surface area (Å²) in [6, 6.07) is 13.7. The average molecular weight is 286 g/mol. The van der Waals surface area contributed by atoms with Crippen molar-refractivity contribution in [1.29, 1.82) is 0 Å². The number of aromatic nitrogens is 4. The van der Waals surface area contributed by atoms with Crippen molar-refractivity contribution in [2.75, 3.05) is 5.32 Å². The first-order valence-corrected chi connectivity index (χ1v) is 6.45. The van der Waals surface area contributed by atoms with Crippen LogP contribution in [0.5, 0.6) is 0 Å². The Bertz CT molecular complexity index is 723. The van der Waals surface area contributed by atoms with Gasteiger partial charge >= 0.3 is 0 Å². The second kappa shape index (κ2) is 5.30. The molecule has 0 unspecified atom stereocenters. The molecule has 0 aliphatic heterocycles. The Hall–Kier alpha value is -2.40. The first kappa shape index (κ1) is 12.6. The van der Waals surface area contributed by atoms with E-state index in [1.165, 1.54) is 0 Å². The molecule has 5 nitrogen and oxygen atoms in total. The Balaban J connectivity index is 1.90. The summed E-state index contributed by atoms with van der Waals surface area (Å²) in [5, 5.41) is 7.85. The van der Waals surface area contributed by atoms with Gasteiger partial charge in [-0.05, 0) is 17.7 Å². The lowest BCUT2D eigenvalue weighted by atomic mass is 10.2. The third-order valence-corrected chi connectivity index (χ3v) is 3.01. The van der Waals surface area contributed by atoms with Gasteiger partial charge in [0.25, 0.3) is 0 Å². The minimum Gasteiger partial charge on any atom is -0.325 e. The number of hydrogen-bond acceptors (Lipinski definition) is 4. The first-order chi connectivity index (χ1) is 9.72. The SMILES string of the molecule is Cn1nc(-c2ccccc2)cc1Nc1ccnc(Cl)n1. The number of nitrogens with zero attached hydrogens (tertiary/aromatic N) is 4. The number of nitrogens with one attached hydrogen (secondary N) is 1. The third kappa shape index (κ3) is 2.62. The maximum absolute atomic E-state index is 5.77. The van der Waals surface area contributed by atoms with Crippen molar-refractivity contribution in [1.82, 2.24) is 19.7 Å². The van der Waals surface area contributed by atoms with Gasteiger partial charge in [-0.15, -0.1) is 0 Å². The molecule has 6 heteroatoms. The average Bonchev–Trinajstić information content (AvgIpc) is 2.81. The number of anilines is 2. The number of halogens is 1. The van der Waals surface area contributed by atoms with Gasteiger partial charge in [0.15, 0.2) is 0 Å². The summed E-state index contributed by atoms with van der Waals surface area (Å²) < 4.78 is 1.76. The fourth-order valence-electron chi connectivity index (χ4n) is 1.87. The molecule has 0 aliphatic carbocycles. The van der Waals surface area contributed by atoms with Crippen molar-refractivity contribution in [3.63, 3.8) is 0 Å². The van der Waals surface area contributed by atoms with Crippen LogP contribution in [0.15, 0.2) is 48.7 Å². The minimum absolute atomic E-state index is 0.209. The van der Waals surface area contributed by atoms with Gasteiger partial charge in [-0.2, -0.15) is 5.10 Å². The fourth-order valence-corrected chi connectivity index (χ4v) is 2.02. The number of aryl methyl sites for hydroxylation is 1. The number of benzene rings is 1. The van der Waals surface area contributed by atoms with E-state index >= 15 is 0 Å². The fraction of sp³-hybridized carbons (Fsp3) is 0.0714. The Morgan fingerprint density at radius 2 is 1.95 bits per heavy atom. The monoisotopic (exact) mass is 285 g/mol. The summed E-state index contributed by atoms with van der Waals surface area (Å²) in [4.78, 5) is 7.94. The van der Waals surface area contributed by atoms with E-state index in [4.69, 9.17) is 11.6 Å². The smallest absolute Gasteiger partial charge is 0.224 e. The minimum atomic E-state index is 0.209. The van der Waals surface area contributed by atoms with Crippen molar-refractivity contribution < 1.29 is 0 Å². The second-order valence-electron chi connectivity index (χ2n) is 4.24. The first-order valence-electron chi connectivity index (χ1n) is 6.07. The molecule has 1 aromatic carbocycles. The van der Waals surface area contributed by atoms with Crippen LogP contribution in [0.1, 0.15) is 0 Å². The van der Waals surface area contributed by atoms with Gasteiger partial charge in [-0.3, -0.25) is 4.68 Å². The van der Waals surface area contributed by atoms with E-state index in [1.54, 1.807) is 16.9 Å². The van der Waals surface area contributed by atoms with Crippen LogP contribution in [0, 0.1) is 0 Å². The quantitative estimate of drug-likeness (QED) is 0.750. The molecule has 0 bridgehead atoms. The van der Waals surface area contributed by atoms with Crippen molar-refractivity contribution in [3.05, 3.63) is 53.9 Å². The largest absolute Gasteiger partial charge is 0.325 e. The van der Waals surface area contributed by atoms with Crippen molar-refractivity contribution in [3.8, 4) is 11.3 Å². The summed E-state index contributed by atoms with van der Waals surface area (Å²) in [5.41, 5.74) is 1.97. The van der Waals surface area contributed by atoms with Gasteiger partial charge in [-0.1, -0.05) is 30.3 Å². The molecule has 3 rings (SSSR count). The molecule has 1 N–H and O–H groups in total. The second-order valence-corrected chi connectivity index (χ2v) is 4.58. The van der Waals surface area contributed by atoms with Gasteiger partial charge < -0.3 is 5.32 Å². The third-order valence-electron chi connectivity index (χ3n) is 2.83. The van der Waals surface area contributed by atoms with Crippen LogP contribution in [-0.4, -0.2) is 19.7 Å². The lowest BCUT2D eigenvalue weighted by molar-refractivity contribution is 0.779. The van der Waals surface area contributed by atoms with Crippen molar-refractivity contribution in [2.45, 2.75) is 0 Å². The van der Waals surface area contributed by atoms with Gasteiger partial charge in [0.2, 0.25) is 5.28 Å². The molecular formula is C14H12ClN5. The van der Waals surface area contributed by atoms with E-state index in [9.17, 15) is 0 Å². The van der Waals surface area contributed by atoms with Crippen LogP contribution in [-0.2, 0) is 7.05 Å². The summed E-state index contributed by atoms with van der Waals surface area (Å²) in [6.45, 7) is 0. The molecule has 2 heterocycles. The zero-order chi connectivity index (χ0) is 13.9. The lowest BCUT2D eigenvalue weighted by Crippen LogP contribution is -2.00. The normalized spacial score (nSPS) is 10.5. The summed E-state index contributed by atoms with van der Waals surface area (Å²) in [5.74, 6) is 1.46. The highest BCUT2D eigenvalue weighted by atomic mass is 35.5. The Kier molecular flexibility index (Phi) is 3.35. The summed E-state index contributed by atoms with van der Waals surface area (Å²) >= 11 is 5.77. The molecule has 0 aliphatic rings. The molecule has 0 fully saturated rings. The van der Waals surface area contributed by atoms with E-state index in [1.807, 2.05) is 43.4 Å². The van der Waals surface area contributed by atoms with Crippen LogP contribution >= 0.6 is 11.6 Å². The molecule has 0 saturated heterocycles. The zero-order valence-electron chi connectivity index (χ0n) is 10.8. The van der Waals surface area contributed by atoms with E-state index in [-0.39, 0.29) is 5.28 Å². The predicted octanol–water partition coefficient (Wildman–Crippen LogP) is 3.27. The van der Waals surface area contributed by atoms with Gasteiger partial charge in [0.1, 0.15) is 11.6 Å². The van der Waals surface area contributed by atoms with Gasteiger partial charge in [0, 0.05) is 24.9 Å². The highest BCUT2D eigenvalue weighted by Crippen LogP contribution is 2.23. The van der Waals surface area contributed by atoms with Crippen molar-refractivity contribution in [2.24, 2.45) is 7.05 Å². The van der Waals surface area contributed by atoms with Gasteiger partial charge in [-0.25, -0.2) is 9.97 Å². The molecule has 0 radical (unpaired) electrons. The molecule has 2 aromatic heterocycles. The van der Waals surface area contributed by atoms with Crippen LogP contribution < -0.4 is 5.32 Å². The standard InChI is InChI=1S/C14H12ClN5/c1-20-13(17-12-7-8-16-14(15)18-12)9-11(19-20)10-5-3-2-4-6-10/h2-9H,1H3,(H,16,17,18). The number of hydrogen-bond donors (Lipinski definition) is 1. The van der Waals surface area contributed by atoms with Crippen LogP contribution in [0.2, 0.25) is 5.28 Å². The van der Waals surface area contributed by atoms with Gasteiger partial charge in [0.05, 0.1) is 5.69 Å². The molecule has 3 aromatic rings. The van der Waals surface area contributed by atoms with E-state index < -0.39 is 0 Å². The molecule has 0 saturated carbocycles.